The maximum atomic E-state index is 14.7. The first-order valence-electron chi connectivity index (χ1n) is 46.3. The number of hydrogen-bond acceptors (Lipinski definition) is 8. The van der Waals surface area contributed by atoms with E-state index in [2.05, 4.69) is 70.2 Å². The normalized spacial score (nSPS) is 11.7. The molecule has 1 aliphatic carbocycles. The van der Waals surface area contributed by atoms with Gasteiger partial charge in [-0.05, 0) is 150 Å². The fourth-order valence-electron chi connectivity index (χ4n) is 16.0. The highest BCUT2D eigenvalue weighted by molar-refractivity contribution is 6.02. The zero-order valence-corrected chi connectivity index (χ0v) is 74.2. The van der Waals surface area contributed by atoms with Crippen molar-refractivity contribution in [3.63, 3.8) is 0 Å². The first-order chi connectivity index (χ1) is 58.6. The number of fused-ring (bicyclic) bond motifs is 8. The van der Waals surface area contributed by atoms with Crippen LogP contribution in [-0.2, 0) is 25.7 Å². The molecule has 8 N–H and O–H groups in total. The lowest BCUT2D eigenvalue weighted by molar-refractivity contribution is 0.261. The molecule has 0 saturated carbocycles. The Morgan fingerprint density at radius 2 is 0.350 bits per heavy atom. The average Bonchev–Trinajstić information content (AvgIpc) is 0.768. The number of benzene rings is 8. The molecule has 0 radical (unpaired) electrons. The van der Waals surface area contributed by atoms with Crippen LogP contribution in [-0.4, -0.2) is 50.6 Å². The summed E-state index contributed by atoms with van der Waals surface area (Å²) in [5, 5.41) is 25.7. The van der Waals surface area contributed by atoms with E-state index in [1.165, 1.54) is 128 Å². The van der Waals surface area contributed by atoms with Gasteiger partial charge in [-0.2, -0.15) is 0 Å². The standard InChI is InChI=1S/C104H144N8O8/c1-9-13-17-21-25-29-33-37-41-61-117-97-81-65-83-71-94(110-102(114)106-90-55-47-78(6)48-56-90)73-85(98(83)118-62-42-38-34-30-26-22-18-14-10-2)67-87-75-96(112-104(116)108-92-59-51-80(8)52-60-92)76-88(100(87)120-64-44-40-36-32-28-24-20-16-12-4)68-86-74-95(111-103(115)107-91-57-49-79(7)50-58-91)72-84(99(86)119-63-43-39-35-31-27-23-19-15-11-3)66-82(97)70-93(69-81)109-101(113)105-89-53-45-77(5)46-54-89/h45-60,69-76H,9-44,61-68H2,1-8H3,(H2,105,109,113)(H2,106,110,114)(H2,107,111,115)(H2,108,112,116). The summed E-state index contributed by atoms with van der Waals surface area (Å²) in [6.07, 6.45) is 42.0. The molecule has 0 atom stereocenters. The van der Waals surface area contributed by atoms with Crippen LogP contribution in [0, 0.1) is 27.7 Å². The molecule has 0 aliphatic heterocycles. The van der Waals surface area contributed by atoms with Crippen LogP contribution in [0.5, 0.6) is 23.0 Å². The van der Waals surface area contributed by atoms with E-state index >= 15 is 0 Å². The van der Waals surface area contributed by atoms with Crippen molar-refractivity contribution in [2.75, 3.05) is 69.0 Å². The van der Waals surface area contributed by atoms with Crippen LogP contribution in [0.15, 0.2) is 146 Å². The quantitative estimate of drug-likeness (QED) is 0.0172. The van der Waals surface area contributed by atoms with E-state index in [0.29, 0.717) is 94.9 Å². The lowest BCUT2D eigenvalue weighted by Gasteiger charge is -2.25. The lowest BCUT2D eigenvalue weighted by Crippen LogP contribution is -2.21. The van der Waals surface area contributed by atoms with Gasteiger partial charge in [-0.25, -0.2) is 19.2 Å². The molecule has 0 unspecified atom stereocenters. The second kappa shape index (κ2) is 53.6. The van der Waals surface area contributed by atoms with E-state index in [1.54, 1.807) is 0 Å². The Kier molecular flexibility index (Phi) is 42.0. The summed E-state index contributed by atoms with van der Waals surface area (Å²) in [6.45, 7) is 18.8. The SMILES string of the molecule is CCCCCCCCCCCOc1c2cc(NC(=O)Nc3ccc(C)cc3)cc1Cc1cc(NC(=O)Nc3ccc(C)cc3)cc(c1OCCCCCCCCCCC)Cc1cc(NC(=O)Nc3ccc(C)cc3)cc(c1OCCCCCCCCCCC)Cc1cc(NC(=O)Nc3ccc(C)cc3)cc(c1OCCCCCCCCCCC)C2. The maximum absolute atomic E-state index is 14.7. The highest BCUT2D eigenvalue weighted by atomic mass is 16.5. The van der Waals surface area contributed by atoms with Gasteiger partial charge in [0.1, 0.15) is 23.0 Å². The molecule has 8 aromatic rings. The predicted octanol–water partition coefficient (Wildman–Crippen LogP) is 29.8. The van der Waals surface area contributed by atoms with E-state index in [1.807, 2.05) is 173 Å². The Balaban J connectivity index is 1.29. The lowest BCUT2D eigenvalue weighted by atomic mass is 9.90. The van der Waals surface area contributed by atoms with Crippen molar-refractivity contribution >= 4 is 69.6 Å². The molecule has 1 aliphatic rings. The minimum absolute atomic E-state index is 0.229. The molecule has 0 spiro atoms. The van der Waals surface area contributed by atoms with Gasteiger partial charge in [-0.1, -0.05) is 304 Å². The van der Waals surface area contributed by atoms with Crippen molar-refractivity contribution in [3.8, 4) is 23.0 Å². The summed E-state index contributed by atoms with van der Waals surface area (Å²) in [6, 6.07) is 45.6. The number of rotatable bonds is 52. The highest BCUT2D eigenvalue weighted by Crippen LogP contribution is 2.44. The minimum Gasteiger partial charge on any atom is -0.493 e. The molecule has 9 rings (SSSR count). The maximum Gasteiger partial charge on any atom is 0.323 e. The van der Waals surface area contributed by atoms with Crippen LogP contribution >= 0.6 is 0 Å². The van der Waals surface area contributed by atoms with E-state index < -0.39 is 24.1 Å². The average molecular weight is 1630 g/mol. The van der Waals surface area contributed by atoms with Gasteiger partial charge in [-0.3, -0.25) is 0 Å². The Hall–Kier alpha value is -9.96. The smallest absolute Gasteiger partial charge is 0.323 e. The van der Waals surface area contributed by atoms with E-state index in [0.717, 1.165) is 169 Å². The molecular formula is C104H144N8O8. The zero-order valence-electron chi connectivity index (χ0n) is 74.2. The van der Waals surface area contributed by atoms with E-state index in [4.69, 9.17) is 18.9 Å². The molecule has 16 nitrogen and oxygen atoms in total. The first kappa shape index (κ1) is 93.9. The van der Waals surface area contributed by atoms with Crippen LogP contribution in [0.4, 0.5) is 64.7 Å². The number of urea groups is 4. The second-order valence-corrected chi connectivity index (χ2v) is 33.7. The number of ether oxygens (including phenoxy) is 4. The topological polar surface area (TPSA) is 201 Å². The molecule has 0 aromatic heterocycles. The molecular weight excluding hydrogens is 1490 g/mol. The van der Waals surface area contributed by atoms with Crippen LogP contribution in [0.2, 0.25) is 0 Å². The molecule has 0 fully saturated rings. The van der Waals surface area contributed by atoms with Gasteiger partial charge in [0.25, 0.3) is 0 Å². The molecule has 120 heavy (non-hydrogen) atoms. The molecule has 0 heterocycles. The summed E-state index contributed by atoms with van der Waals surface area (Å²) >= 11 is 0. The predicted molar refractivity (Wildman–Crippen MR) is 503 cm³/mol. The summed E-state index contributed by atoms with van der Waals surface area (Å²) in [5.74, 6) is 2.64. The van der Waals surface area contributed by atoms with Gasteiger partial charge in [-0.15, -0.1) is 0 Å². The number of amides is 8. The van der Waals surface area contributed by atoms with Gasteiger partial charge < -0.3 is 61.5 Å². The van der Waals surface area contributed by atoms with Crippen molar-refractivity contribution in [1.29, 1.82) is 0 Å². The summed E-state index contributed by atoms with van der Waals surface area (Å²) in [7, 11) is 0. The number of hydrogen-bond donors (Lipinski definition) is 8. The largest absolute Gasteiger partial charge is 0.493 e. The molecule has 648 valence electrons. The van der Waals surface area contributed by atoms with Crippen molar-refractivity contribution in [3.05, 3.63) is 212 Å². The van der Waals surface area contributed by atoms with Gasteiger partial charge in [0.15, 0.2) is 0 Å². The molecule has 8 aromatic carbocycles. The zero-order chi connectivity index (χ0) is 84.7. The fraction of sp³-hybridized carbons (Fsp3) is 0.500. The number of anilines is 8. The number of carbonyl (C=O) groups is 4. The summed E-state index contributed by atoms with van der Waals surface area (Å²) < 4.78 is 29.7. The highest BCUT2D eigenvalue weighted by Gasteiger charge is 2.27. The molecule has 8 bridgehead atoms. The molecule has 0 saturated heterocycles. The monoisotopic (exact) mass is 1630 g/mol. The fourth-order valence-corrected chi connectivity index (χ4v) is 16.0. The third-order valence-corrected chi connectivity index (χ3v) is 22.7. The van der Waals surface area contributed by atoms with Gasteiger partial charge in [0.05, 0.1) is 26.4 Å². The number of carbonyl (C=O) groups excluding carboxylic acids is 4. The van der Waals surface area contributed by atoms with Crippen molar-refractivity contribution in [1.82, 2.24) is 0 Å². The van der Waals surface area contributed by atoms with Gasteiger partial charge >= 0.3 is 24.1 Å². The third kappa shape index (κ3) is 34.3. The van der Waals surface area contributed by atoms with E-state index in [9.17, 15) is 19.2 Å². The van der Waals surface area contributed by atoms with Crippen molar-refractivity contribution < 1.29 is 38.1 Å². The van der Waals surface area contributed by atoms with Crippen molar-refractivity contribution in [2.24, 2.45) is 0 Å². The second-order valence-electron chi connectivity index (χ2n) is 33.7. The first-order valence-corrected chi connectivity index (χ1v) is 46.3. The van der Waals surface area contributed by atoms with E-state index in [-0.39, 0.29) is 25.7 Å². The number of aryl methyl sites for hydroxylation is 4. The van der Waals surface area contributed by atoms with Crippen LogP contribution in [0.1, 0.15) is 326 Å². The summed E-state index contributed by atoms with van der Waals surface area (Å²) in [4.78, 5) is 58.9. The Labute approximate surface area is 720 Å². The van der Waals surface area contributed by atoms with Crippen LogP contribution < -0.4 is 61.5 Å². The molecule has 8 amide bonds. The Bertz CT molecular complexity index is 3720. The van der Waals surface area contributed by atoms with Crippen LogP contribution in [0.25, 0.3) is 0 Å². The number of nitrogens with one attached hydrogen (secondary N) is 8. The molecule has 16 heteroatoms. The third-order valence-electron chi connectivity index (χ3n) is 22.7. The van der Waals surface area contributed by atoms with Gasteiger partial charge in [0, 0.05) is 116 Å². The Morgan fingerprint density at radius 3 is 0.508 bits per heavy atom. The minimum atomic E-state index is -0.421. The van der Waals surface area contributed by atoms with Crippen molar-refractivity contribution in [2.45, 2.75) is 312 Å². The Morgan fingerprint density at radius 1 is 0.208 bits per heavy atom. The summed E-state index contributed by atoms with van der Waals surface area (Å²) in [5.41, 5.74) is 15.2. The number of unbranched alkanes of at least 4 members (excludes halogenated alkanes) is 32. The van der Waals surface area contributed by atoms with Crippen LogP contribution in [0.3, 0.4) is 0 Å². The van der Waals surface area contributed by atoms with Gasteiger partial charge in [0.2, 0.25) is 0 Å².